The van der Waals surface area contributed by atoms with E-state index < -0.39 is 0 Å². The second kappa shape index (κ2) is 7.97. The quantitative estimate of drug-likeness (QED) is 0.814. The average molecular weight is 376 g/mol. The van der Waals surface area contributed by atoms with Crippen molar-refractivity contribution in [1.82, 2.24) is 4.90 Å². The van der Waals surface area contributed by atoms with Crippen molar-refractivity contribution < 1.29 is 14.4 Å². The topological polar surface area (TPSA) is 66.5 Å². The van der Waals surface area contributed by atoms with E-state index in [1.165, 1.54) is 28.9 Å². The largest absolute Gasteiger partial charge is 0.326 e. The Morgan fingerprint density at radius 1 is 0.821 bits per heavy atom. The number of carbonyl (C=O) groups excluding carboxylic acids is 3. The van der Waals surface area contributed by atoms with Gasteiger partial charge in [0, 0.05) is 18.5 Å². The van der Waals surface area contributed by atoms with E-state index in [9.17, 15) is 14.4 Å². The van der Waals surface area contributed by atoms with Crippen molar-refractivity contribution in [2.75, 3.05) is 5.32 Å². The molecular weight excluding hydrogens is 352 g/mol. The van der Waals surface area contributed by atoms with Crippen molar-refractivity contribution in [2.45, 2.75) is 51.5 Å². The number of rotatable bonds is 5. The monoisotopic (exact) mass is 376 g/mol. The second-order valence-electron chi connectivity index (χ2n) is 7.61. The number of likely N-dealkylation sites (tertiary alicyclic amines) is 1. The highest BCUT2D eigenvalue weighted by Crippen LogP contribution is 2.23. The molecule has 0 bridgehead atoms. The Labute approximate surface area is 164 Å². The van der Waals surface area contributed by atoms with Gasteiger partial charge in [0.05, 0.1) is 13.0 Å². The van der Waals surface area contributed by atoms with Gasteiger partial charge in [0.2, 0.25) is 17.7 Å². The Bertz CT molecular complexity index is 902. The van der Waals surface area contributed by atoms with Gasteiger partial charge in [-0.25, -0.2) is 0 Å². The van der Waals surface area contributed by atoms with Crippen molar-refractivity contribution in [3.63, 3.8) is 0 Å². The highest BCUT2D eigenvalue weighted by atomic mass is 16.2. The van der Waals surface area contributed by atoms with Crippen LogP contribution in [-0.2, 0) is 40.2 Å². The standard InChI is InChI=1S/C23H24N2O3/c26-21(14-17-5-8-18-3-1-2-4-19(18)13-17)24-20-9-6-16(7-10-20)15-25-22(27)11-12-23(25)28/h5-10,13H,1-4,11-12,14-15H2,(H,24,26). The van der Waals surface area contributed by atoms with E-state index in [0.717, 1.165) is 24.0 Å². The summed E-state index contributed by atoms with van der Waals surface area (Å²) in [6.07, 6.45) is 5.68. The Hall–Kier alpha value is -2.95. The lowest BCUT2D eigenvalue weighted by atomic mass is 9.90. The molecule has 1 heterocycles. The van der Waals surface area contributed by atoms with E-state index in [0.29, 0.717) is 31.5 Å². The van der Waals surface area contributed by atoms with Crippen LogP contribution >= 0.6 is 0 Å². The molecule has 5 heteroatoms. The van der Waals surface area contributed by atoms with Crippen LogP contribution in [0.4, 0.5) is 5.69 Å². The van der Waals surface area contributed by atoms with Crippen LogP contribution in [0.1, 0.15) is 47.9 Å². The van der Waals surface area contributed by atoms with Gasteiger partial charge in [-0.2, -0.15) is 0 Å². The third-order valence-electron chi connectivity index (χ3n) is 5.51. The van der Waals surface area contributed by atoms with Crippen molar-refractivity contribution in [1.29, 1.82) is 0 Å². The predicted molar refractivity (Wildman–Crippen MR) is 107 cm³/mol. The highest BCUT2D eigenvalue weighted by Gasteiger charge is 2.28. The Balaban J connectivity index is 1.34. The van der Waals surface area contributed by atoms with Crippen LogP contribution < -0.4 is 5.32 Å². The summed E-state index contributed by atoms with van der Waals surface area (Å²) < 4.78 is 0. The summed E-state index contributed by atoms with van der Waals surface area (Å²) in [5.74, 6) is -0.284. The number of anilines is 1. The summed E-state index contributed by atoms with van der Waals surface area (Å²) in [5, 5.41) is 2.92. The van der Waals surface area contributed by atoms with E-state index in [-0.39, 0.29) is 17.7 Å². The van der Waals surface area contributed by atoms with Crippen molar-refractivity contribution in [3.8, 4) is 0 Å². The number of nitrogens with zero attached hydrogens (tertiary/aromatic N) is 1. The van der Waals surface area contributed by atoms with E-state index in [1.54, 1.807) is 0 Å². The first-order valence-electron chi connectivity index (χ1n) is 9.91. The lowest BCUT2D eigenvalue weighted by molar-refractivity contribution is -0.139. The maximum absolute atomic E-state index is 12.4. The molecule has 1 saturated heterocycles. The summed E-state index contributed by atoms with van der Waals surface area (Å²) in [4.78, 5) is 37.1. The second-order valence-corrected chi connectivity index (χ2v) is 7.61. The normalized spacial score (nSPS) is 16.2. The van der Waals surface area contributed by atoms with Gasteiger partial charge in [0.1, 0.15) is 0 Å². The molecule has 4 rings (SSSR count). The zero-order valence-corrected chi connectivity index (χ0v) is 15.9. The van der Waals surface area contributed by atoms with Gasteiger partial charge in [-0.15, -0.1) is 0 Å². The summed E-state index contributed by atoms with van der Waals surface area (Å²) in [6.45, 7) is 0.293. The number of fused-ring (bicyclic) bond motifs is 1. The van der Waals surface area contributed by atoms with E-state index in [1.807, 2.05) is 24.3 Å². The maximum atomic E-state index is 12.4. The molecule has 144 valence electrons. The molecule has 2 aliphatic rings. The van der Waals surface area contributed by atoms with E-state index >= 15 is 0 Å². The number of hydrogen-bond acceptors (Lipinski definition) is 3. The van der Waals surface area contributed by atoms with Gasteiger partial charge in [-0.05, 0) is 60.1 Å². The van der Waals surface area contributed by atoms with Crippen molar-refractivity contribution >= 4 is 23.4 Å². The van der Waals surface area contributed by atoms with Gasteiger partial charge in [0.25, 0.3) is 0 Å². The first kappa shape index (κ1) is 18.4. The van der Waals surface area contributed by atoms with Gasteiger partial charge in [-0.3, -0.25) is 19.3 Å². The molecule has 1 N–H and O–H groups in total. The first-order valence-corrected chi connectivity index (χ1v) is 9.91. The molecule has 3 amide bonds. The number of carbonyl (C=O) groups is 3. The molecule has 0 saturated carbocycles. The summed E-state index contributed by atoms with van der Waals surface area (Å²) in [5.41, 5.74) is 5.43. The first-order chi connectivity index (χ1) is 13.6. The van der Waals surface area contributed by atoms with Crippen LogP contribution in [0, 0.1) is 0 Å². The SMILES string of the molecule is O=C(Cc1ccc2c(c1)CCCC2)Nc1ccc(CN2C(=O)CCC2=O)cc1. The minimum atomic E-state index is -0.118. The third-order valence-corrected chi connectivity index (χ3v) is 5.51. The van der Waals surface area contributed by atoms with E-state index in [2.05, 4.69) is 23.5 Å². The summed E-state index contributed by atoms with van der Waals surface area (Å²) >= 11 is 0. The number of benzene rings is 2. The molecule has 0 atom stereocenters. The zero-order valence-electron chi connectivity index (χ0n) is 15.9. The summed E-state index contributed by atoms with van der Waals surface area (Å²) in [6, 6.07) is 13.7. The van der Waals surface area contributed by atoms with Gasteiger partial charge in [-0.1, -0.05) is 30.3 Å². The van der Waals surface area contributed by atoms with Crippen LogP contribution in [0.3, 0.4) is 0 Å². The zero-order chi connectivity index (χ0) is 19.5. The molecular formula is C23H24N2O3. The molecule has 5 nitrogen and oxygen atoms in total. The van der Waals surface area contributed by atoms with E-state index in [4.69, 9.17) is 0 Å². The molecule has 0 aromatic heterocycles. The fourth-order valence-electron chi connectivity index (χ4n) is 3.96. The Morgan fingerprint density at radius 2 is 1.46 bits per heavy atom. The number of aryl methyl sites for hydroxylation is 2. The number of imide groups is 1. The molecule has 1 fully saturated rings. The number of nitrogens with one attached hydrogen (secondary N) is 1. The lowest BCUT2D eigenvalue weighted by Crippen LogP contribution is -2.28. The Morgan fingerprint density at radius 3 is 2.18 bits per heavy atom. The smallest absolute Gasteiger partial charge is 0.229 e. The molecule has 0 spiro atoms. The lowest BCUT2D eigenvalue weighted by Gasteiger charge is -2.16. The average Bonchev–Trinajstić information content (AvgIpc) is 3.01. The molecule has 28 heavy (non-hydrogen) atoms. The maximum Gasteiger partial charge on any atom is 0.229 e. The third kappa shape index (κ3) is 4.14. The van der Waals surface area contributed by atoms with Crippen LogP contribution in [0.5, 0.6) is 0 Å². The van der Waals surface area contributed by atoms with Crippen LogP contribution in [-0.4, -0.2) is 22.6 Å². The van der Waals surface area contributed by atoms with Gasteiger partial charge >= 0.3 is 0 Å². The van der Waals surface area contributed by atoms with Gasteiger partial charge in [0.15, 0.2) is 0 Å². The fraction of sp³-hybridized carbons (Fsp3) is 0.348. The molecule has 1 aliphatic heterocycles. The minimum absolute atomic E-state index is 0.0478. The predicted octanol–water partition coefficient (Wildman–Crippen LogP) is 3.40. The Kier molecular flexibility index (Phi) is 5.24. The number of hydrogen-bond donors (Lipinski definition) is 1. The molecule has 2 aromatic carbocycles. The highest BCUT2D eigenvalue weighted by molar-refractivity contribution is 6.01. The molecule has 0 unspecified atom stereocenters. The fourth-order valence-corrected chi connectivity index (χ4v) is 3.96. The molecule has 2 aromatic rings. The number of amides is 3. The molecule has 1 aliphatic carbocycles. The summed E-state index contributed by atoms with van der Waals surface area (Å²) in [7, 11) is 0. The minimum Gasteiger partial charge on any atom is -0.326 e. The van der Waals surface area contributed by atoms with Gasteiger partial charge < -0.3 is 5.32 Å². The van der Waals surface area contributed by atoms with Crippen LogP contribution in [0.15, 0.2) is 42.5 Å². The van der Waals surface area contributed by atoms with Crippen LogP contribution in [0.2, 0.25) is 0 Å². The van der Waals surface area contributed by atoms with Crippen LogP contribution in [0.25, 0.3) is 0 Å². The van der Waals surface area contributed by atoms with Crippen molar-refractivity contribution in [3.05, 3.63) is 64.7 Å². The molecule has 0 radical (unpaired) electrons. The van der Waals surface area contributed by atoms with Crippen molar-refractivity contribution in [2.24, 2.45) is 0 Å².